The lowest BCUT2D eigenvalue weighted by Gasteiger charge is -2.31. The number of esters is 3. The van der Waals surface area contributed by atoms with E-state index in [1.807, 2.05) is 0 Å². The summed E-state index contributed by atoms with van der Waals surface area (Å²) >= 11 is 0. The highest BCUT2D eigenvalue weighted by Crippen LogP contribution is 2.20. The Morgan fingerprint density at radius 2 is 1.19 bits per heavy atom. The number of carbonyl (C=O) groups excluding carboxylic acids is 3. The predicted octanol–water partition coefficient (Wildman–Crippen LogP) is 3.41. The molecule has 2 rings (SSSR count). The van der Waals surface area contributed by atoms with E-state index in [4.69, 9.17) is 14.2 Å². The molecule has 0 aliphatic carbocycles. The van der Waals surface area contributed by atoms with Crippen LogP contribution >= 0.6 is 0 Å². The molecule has 0 aliphatic heterocycles. The molecular weight excluding hydrogens is 348 g/mol. The van der Waals surface area contributed by atoms with Gasteiger partial charge in [-0.05, 0) is 30.7 Å². The fourth-order valence-corrected chi connectivity index (χ4v) is 2.39. The monoisotopic (exact) mass is 370 g/mol. The van der Waals surface area contributed by atoms with E-state index >= 15 is 0 Å². The van der Waals surface area contributed by atoms with Crippen molar-refractivity contribution >= 4 is 17.9 Å². The second kappa shape index (κ2) is 9.52. The van der Waals surface area contributed by atoms with E-state index in [0.717, 1.165) is 0 Å². The molecule has 0 fully saturated rings. The van der Waals surface area contributed by atoms with Crippen LogP contribution < -0.4 is 0 Å². The molecule has 0 heterocycles. The largest absolute Gasteiger partial charge is 0.458 e. The lowest BCUT2D eigenvalue weighted by atomic mass is 10.0. The number of rotatable bonds is 8. The average molecular weight is 370 g/mol. The molecule has 0 saturated heterocycles. The summed E-state index contributed by atoms with van der Waals surface area (Å²) in [4.78, 5) is 35.9. The van der Waals surface area contributed by atoms with Gasteiger partial charge in [0.05, 0.1) is 11.1 Å². The summed E-state index contributed by atoms with van der Waals surface area (Å²) in [5.74, 6) is -1.65. The van der Waals surface area contributed by atoms with E-state index in [0.29, 0.717) is 17.5 Å². The van der Waals surface area contributed by atoms with Gasteiger partial charge in [-0.3, -0.25) is 4.79 Å². The third-order valence-electron chi connectivity index (χ3n) is 3.96. The molecule has 142 valence electrons. The summed E-state index contributed by atoms with van der Waals surface area (Å²) in [6.45, 7) is 2.57. The first kappa shape index (κ1) is 20.2. The topological polar surface area (TPSA) is 78.9 Å². The Hall–Kier alpha value is -3.15. The van der Waals surface area contributed by atoms with Gasteiger partial charge in [-0.25, -0.2) is 9.59 Å². The summed E-state index contributed by atoms with van der Waals surface area (Å²) in [5, 5.41) is 0. The van der Waals surface area contributed by atoms with E-state index in [2.05, 4.69) is 0 Å². The molecule has 0 aliphatic rings. The van der Waals surface area contributed by atoms with Crippen LogP contribution in [0.4, 0.5) is 0 Å². The molecule has 0 bridgehead atoms. The van der Waals surface area contributed by atoms with Gasteiger partial charge >= 0.3 is 17.9 Å². The molecule has 0 unspecified atom stereocenters. The van der Waals surface area contributed by atoms with E-state index in [-0.39, 0.29) is 13.2 Å². The number of ether oxygens (including phenoxy) is 3. The summed E-state index contributed by atoms with van der Waals surface area (Å²) < 4.78 is 16.0. The van der Waals surface area contributed by atoms with E-state index in [9.17, 15) is 14.4 Å². The van der Waals surface area contributed by atoms with Crippen LogP contribution in [-0.2, 0) is 19.0 Å². The minimum Gasteiger partial charge on any atom is -0.458 e. The highest BCUT2D eigenvalue weighted by atomic mass is 16.6. The van der Waals surface area contributed by atoms with Crippen LogP contribution in [-0.4, -0.2) is 36.7 Å². The molecule has 2 aromatic rings. The summed E-state index contributed by atoms with van der Waals surface area (Å²) in [6.07, 6.45) is 0.302. The van der Waals surface area contributed by atoms with Crippen LogP contribution in [0.5, 0.6) is 0 Å². The van der Waals surface area contributed by atoms with Gasteiger partial charge in [-0.15, -0.1) is 0 Å². The maximum Gasteiger partial charge on any atom is 0.338 e. The molecule has 0 atom stereocenters. The van der Waals surface area contributed by atoms with Crippen molar-refractivity contribution in [3.8, 4) is 0 Å². The van der Waals surface area contributed by atoms with E-state index < -0.39 is 23.5 Å². The maximum absolute atomic E-state index is 12.2. The molecule has 6 heteroatoms. The Labute approximate surface area is 158 Å². The highest BCUT2D eigenvalue weighted by molar-refractivity contribution is 5.90. The van der Waals surface area contributed by atoms with Gasteiger partial charge in [0.15, 0.2) is 5.60 Å². The van der Waals surface area contributed by atoms with Crippen LogP contribution in [0.15, 0.2) is 60.7 Å². The molecule has 0 radical (unpaired) electrons. The summed E-state index contributed by atoms with van der Waals surface area (Å²) in [7, 11) is 0. The van der Waals surface area contributed by atoms with Crippen molar-refractivity contribution in [2.75, 3.05) is 13.2 Å². The number of benzene rings is 2. The standard InChI is InChI=1S/C21H22O6/c1-3-21(27-16(2)22,14-25-19(23)17-10-6-4-7-11-17)15-26-20(24)18-12-8-5-9-13-18/h4-13H,3,14-15H2,1-2H3. The highest BCUT2D eigenvalue weighted by Gasteiger charge is 2.36. The average Bonchev–Trinajstić information content (AvgIpc) is 2.70. The van der Waals surface area contributed by atoms with Crippen LogP contribution in [0.3, 0.4) is 0 Å². The normalized spacial score (nSPS) is 10.7. The first-order valence-corrected chi connectivity index (χ1v) is 8.60. The van der Waals surface area contributed by atoms with Gasteiger partial charge in [0, 0.05) is 6.92 Å². The van der Waals surface area contributed by atoms with Gasteiger partial charge in [0.1, 0.15) is 13.2 Å². The Morgan fingerprint density at radius 3 is 1.52 bits per heavy atom. The molecule has 2 aromatic carbocycles. The number of carbonyl (C=O) groups is 3. The quantitative estimate of drug-likeness (QED) is 0.523. The first-order chi connectivity index (χ1) is 13.0. The zero-order chi connectivity index (χ0) is 19.7. The lowest BCUT2D eigenvalue weighted by molar-refractivity contribution is -0.168. The van der Waals surface area contributed by atoms with Crippen LogP contribution in [0.1, 0.15) is 41.0 Å². The molecule has 0 saturated carbocycles. The summed E-state index contributed by atoms with van der Waals surface area (Å²) in [5.41, 5.74) is -0.487. The summed E-state index contributed by atoms with van der Waals surface area (Å²) in [6, 6.07) is 16.9. The second-order valence-corrected chi connectivity index (χ2v) is 6.01. The zero-order valence-electron chi connectivity index (χ0n) is 15.3. The van der Waals surface area contributed by atoms with Crippen molar-refractivity contribution < 1.29 is 28.6 Å². The Balaban J connectivity index is 2.06. The SMILES string of the molecule is CCC(COC(=O)c1ccccc1)(COC(=O)c1ccccc1)OC(C)=O. The van der Waals surface area contributed by atoms with Gasteiger partial charge in [-0.2, -0.15) is 0 Å². The molecule has 0 spiro atoms. The van der Waals surface area contributed by atoms with Crippen LogP contribution in [0.25, 0.3) is 0 Å². The van der Waals surface area contributed by atoms with E-state index in [1.54, 1.807) is 67.6 Å². The third kappa shape index (κ3) is 5.95. The van der Waals surface area contributed by atoms with Gasteiger partial charge < -0.3 is 14.2 Å². The Morgan fingerprint density at radius 1 is 0.778 bits per heavy atom. The van der Waals surface area contributed by atoms with E-state index in [1.165, 1.54) is 6.92 Å². The number of hydrogen-bond acceptors (Lipinski definition) is 6. The van der Waals surface area contributed by atoms with Crippen molar-refractivity contribution in [2.45, 2.75) is 25.9 Å². The smallest absolute Gasteiger partial charge is 0.338 e. The minimum atomic E-state index is -1.25. The molecular formula is C21H22O6. The zero-order valence-corrected chi connectivity index (χ0v) is 15.3. The van der Waals surface area contributed by atoms with Gasteiger partial charge in [0.2, 0.25) is 0 Å². The second-order valence-electron chi connectivity index (χ2n) is 6.01. The molecule has 6 nitrogen and oxygen atoms in total. The molecule has 0 N–H and O–H groups in total. The third-order valence-corrected chi connectivity index (χ3v) is 3.96. The first-order valence-electron chi connectivity index (χ1n) is 8.60. The maximum atomic E-state index is 12.2. The molecule has 0 amide bonds. The number of hydrogen-bond donors (Lipinski definition) is 0. The van der Waals surface area contributed by atoms with Crippen molar-refractivity contribution in [3.05, 3.63) is 71.8 Å². The Kier molecular flexibility index (Phi) is 7.11. The van der Waals surface area contributed by atoms with Crippen LogP contribution in [0, 0.1) is 0 Å². The van der Waals surface area contributed by atoms with Crippen molar-refractivity contribution in [1.82, 2.24) is 0 Å². The van der Waals surface area contributed by atoms with Crippen molar-refractivity contribution in [2.24, 2.45) is 0 Å². The van der Waals surface area contributed by atoms with Crippen molar-refractivity contribution in [3.63, 3.8) is 0 Å². The molecule has 0 aromatic heterocycles. The predicted molar refractivity (Wildman–Crippen MR) is 98.2 cm³/mol. The molecule has 27 heavy (non-hydrogen) atoms. The fourth-order valence-electron chi connectivity index (χ4n) is 2.39. The van der Waals surface area contributed by atoms with Gasteiger partial charge in [-0.1, -0.05) is 43.3 Å². The fraction of sp³-hybridized carbons (Fsp3) is 0.286. The Bertz CT molecular complexity index is 714. The minimum absolute atomic E-state index is 0.223. The van der Waals surface area contributed by atoms with Crippen LogP contribution in [0.2, 0.25) is 0 Å². The van der Waals surface area contributed by atoms with Crippen molar-refractivity contribution in [1.29, 1.82) is 0 Å². The van der Waals surface area contributed by atoms with Gasteiger partial charge in [0.25, 0.3) is 0 Å². The lowest BCUT2D eigenvalue weighted by Crippen LogP contribution is -2.44.